The van der Waals surface area contributed by atoms with E-state index in [4.69, 9.17) is 0 Å². The maximum atomic E-state index is 9.40. The Balaban J connectivity index is 1.64. The molecule has 16 heavy (non-hydrogen) atoms. The van der Waals surface area contributed by atoms with Crippen LogP contribution in [-0.4, -0.2) is 40.7 Å². The highest BCUT2D eigenvalue weighted by atomic mass is 32.1. The summed E-state index contributed by atoms with van der Waals surface area (Å²) in [6.45, 7) is 5.30. The van der Waals surface area contributed by atoms with Crippen LogP contribution in [0.15, 0.2) is 5.38 Å². The lowest BCUT2D eigenvalue weighted by atomic mass is 10.1. The summed E-state index contributed by atoms with van der Waals surface area (Å²) in [6, 6.07) is 0. The average Bonchev–Trinajstić information content (AvgIpc) is 2.67. The van der Waals surface area contributed by atoms with Gasteiger partial charge in [0, 0.05) is 18.5 Å². The van der Waals surface area contributed by atoms with Gasteiger partial charge in [-0.3, -0.25) is 0 Å². The fraction of sp³-hybridized carbons (Fsp3) is 0.750. The molecule has 0 unspecified atom stereocenters. The number of nitrogens with zero attached hydrogens (tertiary/aromatic N) is 2. The number of thiazole rings is 1. The normalized spacial score (nSPS) is 19.1. The van der Waals surface area contributed by atoms with E-state index in [0.29, 0.717) is 0 Å². The van der Waals surface area contributed by atoms with Crippen LogP contribution in [0.25, 0.3) is 0 Å². The first-order valence-corrected chi connectivity index (χ1v) is 6.93. The number of piperidine rings is 1. The van der Waals surface area contributed by atoms with Crippen LogP contribution in [0, 0.1) is 6.92 Å². The van der Waals surface area contributed by atoms with Crippen molar-refractivity contribution in [2.24, 2.45) is 0 Å². The Hall–Kier alpha value is -0.450. The van der Waals surface area contributed by atoms with Gasteiger partial charge in [0.1, 0.15) is 0 Å². The molecule has 90 valence electrons. The zero-order valence-electron chi connectivity index (χ0n) is 9.85. The van der Waals surface area contributed by atoms with Crippen LogP contribution >= 0.6 is 11.3 Å². The monoisotopic (exact) mass is 240 g/mol. The van der Waals surface area contributed by atoms with Gasteiger partial charge in [-0.25, -0.2) is 4.98 Å². The van der Waals surface area contributed by atoms with Gasteiger partial charge in [0.25, 0.3) is 0 Å². The summed E-state index contributed by atoms with van der Waals surface area (Å²) in [6.07, 6.45) is 4.09. The lowest BCUT2D eigenvalue weighted by molar-refractivity contribution is 0.0821. The molecular formula is C12H20N2OS. The first kappa shape index (κ1) is 12.0. The largest absolute Gasteiger partial charge is 0.393 e. The molecule has 0 bridgehead atoms. The maximum Gasteiger partial charge on any atom is 0.0897 e. The highest BCUT2D eigenvalue weighted by Crippen LogP contribution is 2.12. The van der Waals surface area contributed by atoms with Crippen molar-refractivity contribution in [1.29, 1.82) is 0 Å². The van der Waals surface area contributed by atoms with Crippen molar-refractivity contribution in [3.8, 4) is 0 Å². The molecule has 1 aliphatic heterocycles. The first-order valence-electron chi connectivity index (χ1n) is 6.05. The predicted molar refractivity (Wildman–Crippen MR) is 66.9 cm³/mol. The third-order valence-electron chi connectivity index (χ3n) is 3.13. The van der Waals surface area contributed by atoms with Gasteiger partial charge in [-0.1, -0.05) is 0 Å². The smallest absolute Gasteiger partial charge is 0.0897 e. The standard InChI is InChI=1S/C12H20N2OS/c1-10-13-11(9-16-10)3-2-6-14-7-4-12(15)5-8-14/h9,12,15H,2-8H2,1H3. The second-order valence-corrected chi connectivity index (χ2v) is 5.60. The Morgan fingerprint density at radius 1 is 1.50 bits per heavy atom. The molecule has 1 aliphatic rings. The molecule has 2 rings (SSSR count). The van der Waals surface area contributed by atoms with Gasteiger partial charge in [0.15, 0.2) is 0 Å². The van der Waals surface area contributed by atoms with E-state index in [0.717, 1.165) is 43.9 Å². The van der Waals surface area contributed by atoms with Crippen molar-refractivity contribution < 1.29 is 5.11 Å². The number of likely N-dealkylation sites (tertiary alicyclic amines) is 1. The number of aliphatic hydroxyl groups excluding tert-OH is 1. The summed E-state index contributed by atoms with van der Waals surface area (Å²) in [4.78, 5) is 6.92. The van der Waals surface area contributed by atoms with Crippen molar-refractivity contribution in [3.05, 3.63) is 16.1 Å². The third-order valence-corrected chi connectivity index (χ3v) is 3.95. The van der Waals surface area contributed by atoms with Crippen LogP contribution in [0.3, 0.4) is 0 Å². The van der Waals surface area contributed by atoms with E-state index >= 15 is 0 Å². The molecule has 4 heteroatoms. The van der Waals surface area contributed by atoms with Crippen molar-refractivity contribution >= 4 is 11.3 Å². The SMILES string of the molecule is Cc1nc(CCCN2CCC(O)CC2)cs1. The number of rotatable bonds is 4. The maximum absolute atomic E-state index is 9.40. The summed E-state index contributed by atoms with van der Waals surface area (Å²) in [5.41, 5.74) is 1.24. The van der Waals surface area contributed by atoms with E-state index in [1.54, 1.807) is 11.3 Å². The summed E-state index contributed by atoms with van der Waals surface area (Å²) in [5.74, 6) is 0. The molecule has 1 saturated heterocycles. The van der Waals surface area contributed by atoms with Gasteiger partial charge in [0.2, 0.25) is 0 Å². The fourth-order valence-corrected chi connectivity index (χ4v) is 2.80. The lowest BCUT2D eigenvalue weighted by Crippen LogP contribution is -2.36. The van der Waals surface area contributed by atoms with Gasteiger partial charge in [-0.15, -0.1) is 11.3 Å². The number of hydrogen-bond acceptors (Lipinski definition) is 4. The average molecular weight is 240 g/mol. The molecule has 1 N–H and O–H groups in total. The van der Waals surface area contributed by atoms with Crippen molar-refractivity contribution in [2.75, 3.05) is 19.6 Å². The number of hydrogen-bond donors (Lipinski definition) is 1. The molecule has 0 aromatic carbocycles. The van der Waals surface area contributed by atoms with Crippen LogP contribution < -0.4 is 0 Å². The minimum absolute atomic E-state index is 0.0579. The molecular weight excluding hydrogens is 220 g/mol. The van der Waals surface area contributed by atoms with Gasteiger partial charge >= 0.3 is 0 Å². The van der Waals surface area contributed by atoms with Crippen molar-refractivity contribution in [2.45, 2.75) is 38.7 Å². The Morgan fingerprint density at radius 3 is 2.88 bits per heavy atom. The summed E-state index contributed by atoms with van der Waals surface area (Å²) in [5, 5.41) is 12.7. The zero-order chi connectivity index (χ0) is 11.4. The Bertz CT molecular complexity index is 319. The van der Waals surface area contributed by atoms with Crippen LogP contribution in [0.5, 0.6) is 0 Å². The molecule has 0 atom stereocenters. The summed E-state index contributed by atoms with van der Waals surface area (Å²) < 4.78 is 0. The molecule has 3 nitrogen and oxygen atoms in total. The summed E-state index contributed by atoms with van der Waals surface area (Å²) in [7, 11) is 0. The van der Waals surface area contributed by atoms with Crippen LogP contribution in [0.4, 0.5) is 0 Å². The van der Waals surface area contributed by atoms with Crippen LogP contribution in [0.2, 0.25) is 0 Å². The molecule has 1 fully saturated rings. The second kappa shape index (κ2) is 5.75. The number of aryl methyl sites for hydroxylation is 2. The van der Waals surface area contributed by atoms with E-state index in [9.17, 15) is 5.11 Å². The molecule has 0 radical (unpaired) electrons. The molecule has 2 heterocycles. The van der Waals surface area contributed by atoms with Gasteiger partial charge < -0.3 is 10.0 Å². The quantitative estimate of drug-likeness (QED) is 0.872. The topological polar surface area (TPSA) is 36.4 Å². The van der Waals surface area contributed by atoms with E-state index in [2.05, 4.69) is 22.2 Å². The van der Waals surface area contributed by atoms with E-state index in [1.807, 2.05) is 0 Å². The molecule has 0 spiro atoms. The predicted octanol–water partition coefficient (Wildman–Crippen LogP) is 1.84. The highest BCUT2D eigenvalue weighted by molar-refractivity contribution is 7.09. The van der Waals surface area contributed by atoms with E-state index < -0.39 is 0 Å². The lowest BCUT2D eigenvalue weighted by Gasteiger charge is -2.29. The summed E-state index contributed by atoms with van der Waals surface area (Å²) >= 11 is 1.73. The Labute approximate surface area is 101 Å². The van der Waals surface area contributed by atoms with Crippen LogP contribution in [0.1, 0.15) is 30.0 Å². The van der Waals surface area contributed by atoms with Crippen molar-refractivity contribution in [1.82, 2.24) is 9.88 Å². The van der Waals surface area contributed by atoms with Crippen molar-refractivity contribution in [3.63, 3.8) is 0 Å². The minimum Gasteiger partial charge on any atom is -0.393 e. The number of aliphatic hydroxyl groups is 1. The van der Waals surface area contributed by atoms with E-state index in [-0.39, 0.29) is 6.10 Å². The molecule has 0 aliphatic carbocycles. The van der Waals surface area contributed by atoms with E-state index in [1.165, 1.54) is 12.1 Å². The minimum atomic E-state index is -0.0579. The molecule has 0 saturated carbocycles. The zero-order valence-corrected chi connectivity index (χ0v) is 10.7. The Morgan fingerprint density at radius 2 is 2.25 bits per heavy atom. The number of aromatic nitrogens is 1. The second-order valence-electron chi connectivity index (χ2n) is 4.53. The van der Waals surface area contributed by atoms with Gasteiger partial charge in [-0.2, -0.15) is 0 Å². The molecule has 1 aromatic rings. The third kappa shape index (κ3) is 3.54. The fourth-order valence-electron chi connectivity index (χ4n) is 2.15. The van der Waals surface area contributed by atoms with Crippen LogP contribution in [-0.2, 0) is 6.42 Å². The first-order chi connectivity index (χ1) is 7.74. The molecule has 1 aromatic heterocycles. The molecule has 0 amide bonds. The van der Waals surface area contributed by atoms with Gasteiger partial charge in [0.05, 0.1) is 16.8 Å². The highest BCUT2D eigenvalue weighted by Gasteiger charge is 2.16. The van der Waals surface area contributed by atoms with Gasteiger partial charge in [-0.05, 0) is 39.2 Å². The Kier molecular flexibility index (Phi) is 4.32.